The number of carbonyl (C=O) groups excluding carboxylic acids is 2. The molecule has 1 unspecified atom stereocenters. The van der Waals surface area contributed by atoms with Crippen LogP contribution in [0.5, 0.6) is 0 Å². The van der Waals surface area contributed by atoms with Crippen molar-refractivity contribution in [2.75, 3.05) is 31.5 Å². The molecule has 2 rings (SSSR count). The number of amides is 2. The first-order chi connectivity index (χ1) is 12.4. The van der Waals surface area contributed by atoms with E-state index < -0.39 is 0 Å². The molecule has 0 saturated carbocycles. The van der Waals surface area contributed by atoms with Gasteiger partial charge in [-0.05, 0) is 82.3 Å². The van der Waals surface area contributed by atoms with Gasteiger partial charge in [-0.15, -0.1) is 0 Å². The van der Waals surface area contributed by atoms with Crippen LogP contribution in [0.3, 0.4) is 0 Å². The van der Waals surface area contributed by atoms with Crippen LogP contribution in [0, 0.1) is 12.8 Å². The van der Waals surface area contributed by atoms with Crippen LogP contribution >= 0.6 is 31.9 Å². The fourth-order valence-corrected chi connectivity index (χ4v) is 4.76. The molecule has 26 heavy (non-hydrogen) atoms. The third-order valence-electron chi connectivity index (χ3n) is 4.52. The first-order valence-corrected chi connectivity index (χ1v) is 10.7. The summed E-state index contributed by atoms with van der Waals surface area (Å²) in [7, 11) is 0. The average molecular weight is 489 g/mol. The topological polar surface area (TPSA) is 61.4 Å². The van der Waals surface area contributed by atoms with Gasteiger partial charge < -0.3 is 10.6 Å². The highest BCUT2D eigenvalue weighted by atomic mass is 79.9. The number of halogens is 2. The molecule has 0 spiro atoms. The lowest BCUT2D eigenvalue weighted by Crippen LogP contribution is -2.45. The predicted molar refractivity (Wildman–Crippen MR) is 112 cm³/mol. The molecule has 1 heterocycles. The van der Waals surface area contributed by atoms with E-state index >= 15 is 0 Å². The lowest BCUT2D eigenvalue weighted by molar-refractivity contribution is -0.127. The zero-order valence-electron chi connectivity index (χ0n) is 15.4. The Morgan fingerprint density at radius 2 is 1.96 bits per heavy atom. The SMILES string of the molecule is CCCCNC(=O)C1CCCN(CC(=O)Nc2c(Br)cc(C)cc2Br)C1. The highest BCUT2D eigenvalue weighted by molar-refractivity contribution is 9.11. The van der Waals surface area contributed by atoms with Gasteiger partial charge in [-0.2, -0.15) is 0 Å². The second kappa shape index (κ2) is 10.4. The van der Waals surface area contributed by atoms with E-state index in [-0.39, 0.29) is 17.7 Å². The van der Waals surface area contributed by atoms with E-state index in [1.807, 2.05) is 19.1 Å². The van der Waals surface area contributed by atoms with Gasteiger partial charge in [0.2, 0.25) is 11.8 Å². The number of piperidine rings is 1. The van der Waals surface area contributed by atoms with Crippen molar-refractivity contribution in [3.63, 3.8) is 0 Å². The smallest absolute Gasteiger partial charge is 0.238 e. The molecule has 2 N–H and O–H groups in total. The molecule has 7 heteroatoms. The minimum absolute atomic E-state index is 0.0220. The molecule has 0 aliphatic carbocycles. The van der Waals surface area contributed by atoms with Crippen LogP contribution in [0.2, 0.25) is 0 Å². The maximum atomic E-state index is 12.5. The molecule has 1 saturated heterocycles. The largest absolute Gasteiger partial charge is 0.356 e. The standard InChI is InChI=1S/C19H27Br2N3O2/c1-3-4-7-22-19(26)14-6-5-8-24(11-14)12-17(25)23-18-15(20)9-13(2)10-16(18)21/h9-10,14H,3-8,11-12H2,1-2H3,(H,22,26)(H,23,25). The average Bonchev–Trinajstić information content (AvgIpc) is 2.58. The molecular weight excluding hydrogens is 462 g/mol. The number of anilines is 1. The number of nitrogens with zero attached hydrogens (tertiary/aromatic N) is 1. The normalized spacial score (nSPS) is 17.8. The monoisotopic (exact) mass is 487 g/mol. The quantitative estimate of drug-likeness (QED) is 0.568. The van der Waals surface area contributed by atoms with Crippen molar-refractivity contribution in [2.45, 2.75) is 39.5 Å². The van der Waals surface area contributed by atoms with E-state index in [1.54, 1.807) is 0 Å². The number of nitrogens with one attached hydrogen (secondary N) is 2. The zero-order valence-corrected chi connectivity index (χ0v) is 18.6. The number of hydrogen-bond donors (Lipinski definition) is 2. The van der Waals surface area contributed by atoms with Crippen molar-refractivity contribution < 1.29 is 9.59 Å². The van der Waals surface area contributed by atoms with Gasteiger partial charge in [-0.3, -0.25) is 14.5 Å². The highest BCUT2D eigenvalue weighted by Gasteiger charge is 2.26. The second-order valence-electron chi connectivity index (χ2n) is 6.87. The summed E-state index contributed by atoms with van der Waals surface area (Å²) < 4.78 is 1.70. The van der Waals surface area contributed by atoms with Gasteiger partial charge in [0.25, 0.3) is 0 Å². The summed E-state index contributed by atoms with van der Waals surface area (Å²) in [6, 6.07) is 3.94. The maximum Gasteiger partial charge on any atom is 0.238 e. The molecule has 1 aliphatic heterocycles. The highest BCUT2D eigenvalue weighted by Crippen LogP contribution is 2.32. The molecule has 1 fully saturated rings. The molecule has 0 radical (unpaired) electrons. The second-order valence-corrected chi connectivity index (χ2v) is 8.58. The Morgan fingerprint density at radius 3 is 2.62 bits per heavy atom. The summed E-state index contributed by atoms with van der Waals surface area (Å²) in [4.78, 5) is 26.8. The van der Waals surface area contributed by atoms with E-state index in [1.165, 1.54) is 0 Å². The Hall–Kier alpha value is -0.920. The molecule has 2 amide bonds. The molecule has 1 aliphatic rings. The van der Waals surface area contributed by atoms with Crippen molar-refractivity contribution in [3.05, 3.63) is 26.6 Å². The molecule has 1 aromatic rings. The van der Waals surface area contributed by atoms with Gasteiger partial charge in [0.1, 0.15) is 0 Å². The number of unbranched alkanes of at least 4 members (excludes halogenated alkanes) is 1. The predicted octanol–water partition coefficient (Wildman–Crippen LogP) is 4.09. The first-order valence-electron chi connectivity index (χ1n) is 9.16. The van der Waals surface area contributed by atoms with Gasteiger partial charge >= 0.3 is 0 Å². The fraction of sp³-hybridized carbons (Fsp3) is 0.579. The molecule has 1 aromatic carbocycles. The zero-order chi connectivity index (χ0) is 19.1. The Morgan fingerprint density at radius 1 is 1.27 bits per heavy atom. The Balaban J connectivity index is 1.88. The first kappa shape index (κ1) is 21.4. The van der Waals surface area contributed by atoms with Crippen molar-refractivity contribution in [1.82, 2.24) is 10.2 Å². The molecule has 144 valence electrons. The van der Waals surface area contributed by atoms with Crippen LogP contribution in [-0.2, 0) is 9.59 Å². The van der Waals surface area contributed by atoms with E-state index in [4.69, 9.17) is 0 Å². The Bertz CT molecular complexity index is 629. The lowest BCUT2D eigenvalue weighted by Gasteiger charge is -2.31. The number of rotatable bonds is 7. The van der Waals surface area contributed by atoms with Crippen LogP contribution in [0.1, 0.15) is 38.2 Å². The summed E-state index contributed by atoms with van der Waals surface area (Å²) in [5.74, 6) is 0.0288. The van der Waals surface area contributed by atoms with Gasteiger partial charge in [-0.1, -0.05) is 13.3 Å². The van der Waals surface area contributed by atoms with Crippen LogP contribution in [-0.4, -0.2) is 42.9 Å². The summed E-state index contributed by atoms with van der Waals surface area (Å²) >= 11 is 7.00. The van der Waals surface area contributed by atoms with Crippen molar-refractivity contribution in [3.8, 4) is 0 Å². The number of likely N-dealkylation sites (tertiary alicyclic amines) is 1. The minimum Gasteiger partial charge on any atom is -0.356 e. The lowest BCUT2D eigenvalue weighted by atomic mass is 9.97. The van der Waals surface area contributed by atoms with E-state index in [0.717, 1.165) is 59.0 Å². The minimum atomic E-state index is -0.0673. The molecule has 1 atom stereocenters. The van der Waals surface area contributed by atoms with Gasteiger partial charge in [-0.25, -0.2) is 0 Å². The number of benzene rings is 1. The van der Waals surface area contributed by atoms with Gasteiger partial charge in [0.05, 0.1) is 18.2 Å². The molecule has 5 nitrogen and oxygen atoms in total. The number of aryl methyl sites for hydroxylation is 1. The van der Waals surface area contributed by atoms with Crippen molar-refractivity contribution in [2.24, 2.45) is 5.92 Å². The maximum absolute atomic E-state index is 12.5. The van der Waals surface area contributed by atoms with Gasteiger partial charge in [0, 0.05) is 22.0 Å². The third-order valence-corrected chi connectivity index (χ3v) is 5.77. The fourth-order valence-electron chi connectivity index (χ4n) is 3.15. The van der Waals surface area contributed by atoms with E-state index in [0.29, 0.717) is 13.1 Å². The summed E-state index contributed by atoms with van der Waals surface area (Å²) in [6.45, 7) is 6.63. The number of hydrogen-bond acceptors (Lipinski definition) is 3. The Kier molecular flexibility index (Phi) is 8.57. The van der Waals surface area contributed by atoms with Crippen LogP contribution in [0.15, 0.2) is 21.1 Å². The number of carbonyl (C=O) groups is 2. The third kappa shape index (κ3) is 6.35. The summed E-state index contributed by atoms with van der Waals surface area (Å²) in [6.07, 6.45) is 3.91. The van der Waals surface area contributed by atoms with Crippen molar-refractivity contribution in [1.29, 1.82) is 0 Å². The van der Waals surface area contributed by atoms with Crippen molar-refractivity contribution >= 4 is 49.4 Å². The van der Waals surface area contributed by atoms with Gasteiger partial charge in [0.15, 0.2) is 0 Å². The molecule has 0 aromatic heterocycles. The van der Waals surface area contributed by atoms with Crippen LogP contribution < -0.4 is 10.6 Å². The van der Waals surface area contributed by atoms with E-state index in [9.17, 15) is 9.59 Å². The van der Waals surface area contributed by atoms with E-state index in [2.05, 4.69) is 54.3 Å². The molecular formula is C19H27Br2N3O2. The van der Waals surface area contributed by atoms with Crippen LogP contribution in [0.4, 0.5) is 5.69 Å². The summed E-state index contributed by atoms with van der Waals surface area (Å²) in [5, 5.41) is 5.97. The summed E-state index contributed by atoms with van der Waals surface area (Å²) in [5.41, 5.74) is 1.85. The molecule has 0 bridgehead atoms. The Labute approximate surface area is 172 Å². The van der Waals surface area contributed by atoms with Crippen LogP contribution in [0.25, 0.3) is 0 Å².